The Balaban J connectivity index is 2.11. The zero-order chi connectivity index (χ0) is 9.97. The molecule has 2 heterocycles. The maximum Gasteiger partial charge on any atom is 0.375 e. The number of carboxylic acid groups (broad SMARTS) is 1. The van der Waals surface area contributed by atoms with Crippen molar-refractivity contribution in [3.63, 3.8) is 0 Å². The Labute approximate surface area is 80.3 Å². The molecule has 1 aromatic rings. The van der Waals surface area contributed by atoms with Crippen LogP contribution in [0.3, 0.4) is 0 Å². The number of nitrogens with one attached hydrogen (secondary N) is 1. The molecule has 0 amide bonds. The van der Waals surface area contributed by atoms with Gasteiger partial charge < -0.3 is 9.84 Å². The van der Waals surface area contributed by atoms with E-state index in [0.717, 1.165) is 12.8 Å². The number of hydrogen-bond acceptors (Lipinski definition) is 4. The van der Waals surface area contributed by atoms with Crippen LogP contribution >= 0.6 is 0 Å². The number of carboxylic acids is 1. The Kier molecular flexibility index (Phi) is 2.45. The van der Waals surface area contributed by atoms with Crippen molar-refractivity contribution in [3.8, 4) is 0 Å². The predicted octanol–water partition coefficient (Wildman–Crippen LogP) is 0.397. The van der Waals surface area contributed by atoms with Crippen molar-refractivity contribution in [1.29, 1.82) is 0 Å². The summed E-state index contributed by atoms with van der Waals surface area (Å²) in [5.41, 5.74) is 0. The minimum absolute atomic E-state index is 0.161. The van der Waals surface area contributed by atoms with Crippen LogP contribution in [-0.4, -0.2) is 39.5 Å². The number of H-pyrrole nitrogens is 1. The predicted molar refractivity (Wildman–Crippen MR) is 46.1 cm³/mol. The molecule has 1 saturated heterocycles. The Morgan fingerprint density at radius 3 is 2.79 bits per heavy atom. The average Bonchev–Trinajstić information content (AvgIpc) is 2.68. The number of aromatic amines is 1. The van der Waals surface area contributed by atoms with Crippen LogP contribution < -0.4 is 0 Å². The van der Waals surface area contributed by atoms with Gasteiger partial charge in [0.1, 0.15) is 5.82 Å². The third-order valence-electron chi connectivity index (χ3n) is 2.30. The number of carbonyl (C=O) groups is 1. The Morgan fingerprint density at radius 2 is 2.21 bits per heavy atom. The zero-order valence-corrected chi connectivity index (χ0v) is 7.56. The molecule has 6 heteroatoms. The highest BCUT2D eigenvalue weighted by atomic mass is 16.5. The summed E-state index contributed by atoms with van der Waals surface area (Å²) in [6.45, 7) is 1.40. The van der Waals surface area contributed by atoms with Crippen molar-refractivity contribution in [2.45, 2.75) is 18.8 Å². The fraction of sp³-hybridized carbons (Fsp3) is 0.625. The van der Waals surface area contributed by atoms with Gasteiger partial charge >= 0.3 is 5.97 Å². The average molecular weight is 197 g/mol. The van der Waals surface area contributed by atoms with Crippen LogP contribution in [0, 0.1) is 0 Å². The highest BCUT2D eigenvalue weighted by molar-refractivity contribution is 5.82. The molecule has 6 nitrogen and oxygen atoms in total. The van der Waals surface area contributed by atoms with Gasteiger partial charge in [-0.05, 0) is 12.8 Å². The van der Waals surface area contributed by atoms with E-state index in [0.29, 0.717) is 19.0 Å². The highest BCUT2D eigenvalue weighted by Crippen LogP contribution is 2.23. The molecule has 2 N–H and O–H groups in total. The van der Waals surface area contributed by atoms with E-state index in [2.05, 4.69) is 15.2 Å². The molecule has 76 valence electrons. The molecule has 0 bridgehead atoms. The minimum Gasteiger partial charge on any atom is -0.475 e. The molecule has 1 fully saturated rings. The van der Waals surface area contributed by atoms with Crippen LogP contribution in [0.5, 0.6) is 0 Å². The SMILES string of the molecule is O=C(O)c1n[nH]c(C2CCOCC2)n1. The molecule has 0 unspecified atom stereocenters. The van der Waals surface area contributed by atoms with Gasteiger partial charge in [0.15, 0.2) is 0 Å². The molecular weight excluding hydrogens is 186 g/mol. The number of aromatic nitrogens is 3. The summed E-state index contributed by atoms with van der Waals surface area (Å²) in [4.78, 5) is 14.4. The monoisotopic (exact) mass is 197 g/mol. The first-order chi connectivity index (χ1) is 6.77. The van der Waals surface area contributed by atoms with Crippen molar-refractivity contribution in [1.82, 2.24) is 15.2 Å². The summed E-state index contributed by atoms with van der Waals surface area (Å²) in [7, 11) is 0. The highest BCUT2D eigenvalue weighted by Gasteiger charge is 2.20. The molecule has 14 heavy (non-hydrogen) atoms. The van der Waals surface area contributed by atoms with Crippen LogP contribution in [0.15, 0.2) is 0 Å². The maximum atomic E-state index is 10.5. The second kappa shape index (κ2) is 3.75. The number of hydrogen-bond donors (Lipinski definition) is 2. The third kappa shape index (κ3) is 1.74. The fourth-order valence-corrected chi connectivity index (χ4v) is 1.52. The van der Waals surface area contributed by atoms with Gasteiger partial charge in [0.05, 0.1) is 0 Å². The van der Waals surface area contributed by atoms with Gasteiger partial charge in [-0.3, -0.25) is 5.10 Å². The molecule has 1 aliphatic rings. The first kappa shape index (κ1) is 9.14. The number of nitrogens with zero attached hydrogens (tertiary/aromatic N) is 2. The smallest absolute Gasteiger partial charge is 0.375 e. The van der Waals surface area contributed by atoms with E-state index in [-0.39, 0.29) is 11.7 Å². The summed E-state index contributed by atoms with van der Waals surface area (Å²) >= 11 is 0. The van der Waals surface area contributed by atoms with Crippen LogP contribution in [0.2, 0.25) is 0 Å². The molecule has 0 atom stereocenters. The van der Waals surface area contributed by atoms with Crippen LogP contribution in [0.1, 0.15) is 35.2 Å². The van der Waals surface area contributed by atoms with Crippen molar-refractivity contribution in [3.05, 3.63) is 11.6 Å². The largest absolute Gasteiger partial charge is 0.475 e. The number of rotatable bonds is 2. The van der Waals surface area contributed by atoms with Gasteiger partial charge in [0.2, 0.25) is 0 Å². The first-order valence-electron chi connectivity index (χ1n) is 4.50. The van der Waals surface area contributed by atoms with Crippen LogP contribution in [0.25, 0.3) is 0 Å². The molecule has 2 rings (SSSR count). The molecule has 0 radical (unpaired) electrons. The Morgan fingerprint density at radius 1 is 1.50 bits per heavy atom. The quantitative estimate of drug-likeness (QED) is 0.716. The van der Waals surface area contributed by atoms with Gasteiger partial charge in [-0.25, -0.2) is 9.78 Å². The lowest BCUT2D eigenvalue weighted by Gasteiger charge is -2.19. The molecule has 0 aromatic carbocycles. The number of ether oxygens (including phenoxy) is 1. The van der Waals surface area contributed by atoms with E-state index in [9.17, 15) is 4.79 Å². The van der Waals surface area contributed by atoms with Gasteiger partial charge in [-0.1, -0.05) is 0 Å². The van der Waals surface area contributed by atoms with Gasteiger partial charge in [-0.2, -0.15) is 0 Å². The minimum atomic E-state index is -1.10. The van der Waals surface area contributed by atoms with Gasteiger partial charge in [-0.15, -0.1) is 5.10 Å². The summed E-state index contributed by atoms with van der Waals surface area (Å²) in [6, 6.07) is 0. The molecule has 1 aromatic heterocycles. The van der Waals surface area contributed by atoms with E-state index < -0.39 is 5.97 Å². The van der Waals surface area contributed by atoms with E-state index in [1.165, 1.54) is 0 Å². The topological polar surface area (TPSA) is 88.1 Å². The lowest BCUT2D eigenvalue weighted by molar-refractivity contribution is 0.0683. The molecule has 0 spiro atoms. The van der Waals surface area contributed by atoms with Gasteiger partial charge in [0, 0.05) is 19.1 Å². The van der Waals surface area contributed by atoms with E-state index in [1.807, 2.05) is 0 Å². The summed E-state index contributed by atoms with van der Waals surface area (Å²) in [5, 5.41) is 14.9. The molecule has 0 saturated carbocycles. The number of aromatic carboxylic acids is 1. The second-order valence-electron chi connectivity index (χ2n) is 3.24. The van der Waals surface area contributed by atoms with E-state index in [1.54, 1.807) is 0 Å². The third-order valence-corrected chi connectivity index (χ3v) is 2.30. The van der Waals surface area contributed by atoms with Gasteiger partial charge in [0.25, 0.3) is 5.82 Å². The van der Waals surface area contributed by atoms with Crippen LogP contribution in [0.4, 0.5) is 0 Å². The standard InChI is InChI=1S/C8H11N3O3/c12-8(13)7-9-6(10-11-7)5-1-3-14-4-2-5/h5H,1-4H2,(H,12,13)(H,9,10,11). The Hall–Kier alpha value is -1.43. The van der Waals surface area contributed by atoms with Crippen molar-refractivity contribution in [2.24, 2.45) is 0 Å². The van der Waals surface area contributed by atoms with E-state index in [4.69, 9.17) is 9.84 Å². The Bertz CT molecular complexity index is 330. The normalized spacial score (nSPS) is 18.3. The fourth-order valence-electron chi connectivity index (χ4n) is 1.52. The molecule has 0 aliphatic carbocycles. The first-order valence-corrected chi connectivity index (χ1v) is 4.50. The van der Waals surface area contributed by atoms with E-state index >= 15 is 0 Å². The molecule has 1 aliphatic heterocycles. The summed E-state index contributed by atoms with van der Waals surface area (Å²) in [5.74, 6) is -0.346. The van der Waals surface area contributed by atoms with Crippen molar-refractivity contribution in [2.75, 3.05) is 13.2 Å². The summed E-state index contributed by atoms with van der Waals surface area (Å²) in [6.07, 6.45) is 1.74. The second-order valence-corrected chi connectivity index (χ2v) is 3.24. The zero-order valence-electron chi connectivity index (χ0n) is 7.56. The maximum absolute atomic E-state index is 10.5. The van der Waals surface area contributed by atoms with Crippen molar-refractivity contribution < 1.29 is 14.6 Å². The van der Waals surface area contributed by atoms with Crippen molar-refractivity contribution >= 4 is 5.97 Å². The molecular formula is C8H11N3O3. The summed E-state index contributed by atoms with van der Waals surface area (Å²) < 4.78 is 5.20. The lowest BCUT2D eigenvalue weighted by Crippen LogP contribution is -2.15. The lowest BCUT2D eigenvalue weighted by atomic mass is 10.00. The van der Waals surface area contributed by atoms with Crippen LogP contribution in [-0.2, 0) is 4.74 Å².